The standard InChI is InChI=1S/C28H20BrNO7/c1-2-34-19-5-3-4-15(11-19)25-24(26(31)23-12-16-10-17(29)6-8-20(16)37-23)27(32)28(33)30(25)18-7-9-21-22(13-18)36-14-35-21/h3-13,25,32H,2,14H2,1H3. The predicted octanol–water partition coefficient (Wildman–Crippen LogP) is 6.11. The summed E-state index contributed by atoms with van der Waals surface area (Å²) in [6, 6.07) is 18.2. The molecule has 1 amide bonds. The fourth-order valence-electron chi connectivity index (χ4n) is 4.65. The largest absolute Gasteiger partial charge is 0.503 e. The normalized spacial score (nSPS) is 16.6. The fraction of sp³-hybridized carbons (Fsp3) is 0.143. The number of aliphatic hydroxyl groups excluding tert-OH is 1. The zero-order chi connectivity index (χ0) is 25.7. The number of ketones is 1. The first-order chi connectivity index (χ1) is 17.9. The summed E-state index contributed by atoms with van der Waals surface area (Å²) in [6.07, 6.45) is 0. The average Bonchev–Trinajstić information content (AvgIpc) is 3.60. The molecule has 37 heavy (non-hydrogen) atoms. The van der Waals surface area contributed by atoms with Gasteiger partial charge in [-0.25, -0.2) is 0 Å². The van der Waals surface area contributed by atoms with Crippen LogP contribution in [0.25, 0.3) is 11.0 Å². The monoisotopic (exact) mass is 561 g/mol. The molecule has 3 aromatic carbocycles. The average molecular weight is 562 g/mol. The van der Waals surface area contributed by atoms with Gasteiger partial charge in [-0.05, 0) is 61.0 Å². The molecule has 0 spiro atoms. The number of benzene rings is 3. The molecule has 9 heteroatoms. The van der Waals surface area contributed by atoms with Gasteiger partial charge in [0.1, 0.15) is 11.3 Å². The number of rotatable bonds is 6. The lowest BCUT2D eigenvalue weighted by molar-refractivity contribution is -0.117. The molecule has 1 N–H and O–H groups in total. The molecule has 2 aliphatic rings. The van der Waals surface area contributed by atoms with Crippen molar-refractivity contribution in [2.45, 2.75) is 13.0 Å². The number of halogens is 1. The highest BCUT2D eigenvalue weighted by Crippen LogP contribution is 2.45. The van der Waals surface area contributed by atoms with Crippen LogP contribution in [0.3, 0.4) is 0 Å². The Bertz CT molecular complexity index is 1610. The number of anilines is 1. The third kappa shape index (κ3) is 3.92. The highest BCUT2D eigenvalue weighted by atomic mass is 79.9. The highest BCUT2D eigenvalue weighted by Gasteiger charge is 2.46. The zero-order valence-electron chi connectivity index (χ0n) is 19.6. The molecule has 8 nitrogen and oxygen atoms in total. The van der Waals surface area contributed by atoms with Gasteiger partial charge in [0.15, 0.2) is 23.0 Å². The van der Waals surface area contributed by atoms with Crippen molar-refractivity contribution in [3.05, 3.63) is 93.9 Å². The Labute approximate surface area is 219 Å². The van der Waals surface area contributed by atoms with Crippen molar-refractivity contribution in [2.24, 2.45) is 0 Å². The van der Waals surface area contributed by atoms with E-state index in [1.54, 1.807) is 60.7 Å². The van der Waals surface area contributed by atoms with Gasteiger partial charge in [-0.15, -0.1) is 0 Å². The first-order valence-corrected chi connectivity index (χ1v) is 12.4. The number of hydrogen-bond donors (Lipinski definition) is 1. The summed E-state index contributed by atoms with van der Waals surface area (Å²) < 4.78 is 23.2. The van der Waals surface area contributed by atoms with Crippen LogP contribution in [0.5, 0.6) is 17.2 Å². The lowest BCUT2D eigenvalue weighted by Gasteiger charge is -2.27. The maximum atomic E-state index is 13.8. The number of ether oxygens (including phenoxy) is 3. The van der Waals surface area contributed by atoms with E-state index in [-0.39, 0.29) is 18.1 Å². The molecule has 0 radical (unpaired) electrons. The van der Waals surface area contributed by atoms with E-state index in [4.69, 9.17) is 18.6 Å². The SMILES string of the molecule is CCOc1cccc(C2C(C(=O)c3cc4cc(Br)ccc4o3)=C(O)C(=O)N2c2ccc3c(c2)OCO3)c1. The fourth-order valence-corrected chi connectivity index (χ4v) is 5.03. The molecular formula is C28H20BrNO7. The minimum Gasteiger partial charge on any atom is -0.503 e. The minimum absolute atomic E-state index is 0.0148. The number of aliphatic hydroxyl groups is 1. The van der Waals surface area contributed by atoms with E-state index in [1.165, 1.54) is 4.90 Å². The van der Waals surface area contributed by atoms with Crippen LogP contribution in [0.4, 0.5) is 5.69 Å². The predicted molar refractivity (Wildman–Crippen MR) is 138 cm³/mol. The van der Waals surface area contributed by atoms with E-state index in [1.807, 2.05) is 13.0 Å². The summed E-state index contributed by atoms with van der Waals surface area (Å²) >= 11 is 3.42. The van der Waals surface area contributed by atoms with Gasteiger partial charge in [0.05, 0.1) is 18.2 Å². The van der Waals surface area contributed by atoms with Gasteiger partial charge < -0.3 is 23.7 Å². The second kappa shape index (κ2) is 9.01. The van der Waals surface area contributed by atoms with Crippen LogP contribution < -0.4 is 19.1 Å². The molecule has 6 rings (SSSR count). The summed E-state index contributed by atoms with van der Waals surface area (Å²) in [6.45, 7) is 2.38. The summed E-state index contributed by atoms with van der Waals surface area (Å²) in [5.74, 6) is -0.343. The lowest BCUT2D eigenvalue weighted by atomic mass is 9.94. The molecule has 1 aromatic heterocycles. The van der Waals surface area contributed by atoms with Crippen molar-refractivity contribution in [2.75, 3.05) is 18.3 Å². The van der Waals surface area contributed by atoms with E-state index in [2.05, 4.69) is 15.9 Å². The van der Waals surface area contributed by atoms with E-state index >= 15 is 0 Å². The Morgan fingerprint density at radius 1 is 1.08 bits per heavy atom. The van der Waals surface area contributed by atoms with Crippen LogP contribution in [-0.2, 0) is 4.79 Å². The first kappa shape index (κ1) is 23.2. The van der Waals surface area contributed by atoms with Gasteiger partial charge in [-0.3, -0.25) is 14.5 Å². The number of furan rings is 1. The summed E-state index contributed by atoms with van der Waals surface area (Å²) in [4.78, 5) is 28.7. The van der Waals surface area contributed by atoms with Crippen LogP contribution in [0.15, 0.2) is 87.0 Å². The number of Topliss-reactive ketones (excluding diaryl/α,β-unsaturated/α-hetero) is 1. The Balaban J connectivity index is 1.49. The van der Waals surface area contributed by atoms with Crippen molar-refractivity contribution in [3.8, 4) is 17.2 Å². The van der Waals surface area contributed by atoms with Crippen molar-refractivity contribution in [1.29, 1.82) is 0 Å². The van der Waals surface area contributed by atoms with Gasteiger partial charge in [-0.2, -0.15) is 0 Å². The Morgan fingerprint density at radius 3 is 2.76 bits per heavy atom. The third-order valence-corrected chi connectivity index (χ3v) is 6.77. The maximum absolute atomic E-state index is 13.8. The van der Waals surface area contributed by atoms with Crippen LogP contribution >= 0.6 is 15.9 Å². The zero-order valence-corrected chi connectivity index (χ0v) is 21.2. The maximum Gasteiger partial charge on any atom is 0.294 e. The summed E-state index contributed by atoms with van der Waals surface area (Å²) in [5.41, 5.74) is 1.44. The molecule has 3 heterocycles. The molecule has 2 aliphatic heterocycles. The second-order valence-corrected chi connectivity index (χ2v) is 9.42. The summed E-state index contributed by atoms with van der Waals surface area (Å²) in [5, 5.41) is 11.8. The molecule has 1 atom stereocenters. The first-order valence-electron chi connectivity index (χ1n) is 11.6. The van der Waals surface area contributed by atoms with Gasteiger partial charge in [0.2, 0.25) is 12.6 Å². The molecule has 0 bridgehead atoms. The van der Waals surface area contributed by atoms with Crippen LogP contribution in [0, 0.1) is 0 Å². The highest BCUT2D eigenvalue weighted by molar-refractivity contribution is 9.10. The van der Waals surface area contributed by atoms with Gasteiger partial charge in [0.25, 0.3) is 5.91 Å². The van der Waals surface area contributed by atoms with Crippen LogP contribution in [-0.4, -0.2) is 30.2 Å². The van der Waals surface area contributed by atoms with Gasteiger partial charge in [0, 0.05) is 21.6 Å². The Hall–Kier alpha value is -4.24. The second-order valence-electron chi connectivity index (χ2n) is 8.50. The number of carbonyl (C=O) groups is 2. The van der Waals surface area contributed by atoms with E-state index in [0.717, 1.165) is 4.47 Å². The molecule has 0 saturated carbocycles. The number of carbonyl (C=O) groups excluding carboxylic acids is 2. The number of amides is 1. The molecule has 1 unspecified atom stereocenters. The van der Waals surface area contributed by atoms with E-state index in [9.17, 15) is 14.7 Å². The van der Waals surface area contributed by atoms with Crippen molar-refractivity contribution in [3.63, 3.8) is 0 Å². The number of hydrogen-bond acceptors (Lipinski definition) is 7. The lowest BCUT2D eigenvalue weighted by Crippen LogP contribution is -2.31. The van der Waals surface area contributed by atoms with Crippen LogP contribution in [0.2, 0.25) is 0 Å². The molecule has 4 aromatic rings. The topological polar surface area (TPSA) is 98.4 Å². The molecule has 0 aliphatic carbocycles. The molecule has 0 saturated heterocycles. The van der Waals surface area contributed by atoms with E-state index < -0.39 is 23.5 Å². The number of nitrogens with zero attached hydrogens (tertiary/aromatic N) is 1. The third-order valence-electron chi connectivity index (χ3n) is 6.27. The Kier molecular flexibility index (Phi) is 5.64. The smallest absolute Gasteiger partial charge is 0.294 e. The summed E-state index contributed by atoms with van der Waals surface area (Å²) in [7, 11) is 0. The minimum atomic E-state index is -0.944. The Morgan fingerprint density at radius 2 is 1.92 bits per heavy atom. The van der Waals surface area contributed by atoms with Crippen molar-refractivity contribution < 1.29 is 33.3 Å². The van der Waals surface area contributed by atoms with Crippen molar-refractivity contribution in [1.82, 2.24) is 0 Å². The van der Waals surface area contributed by atoms with Gasteiger partial charge >= 0.3 is 0 Å². The van der Waals surface area contributed by atoms with E-state index in [0.29, 0.717) is 46.1 Å². The number of fused-ring (bicyclic) bond motifs is 2. The van der Waals surface area contributed by atoms with Crippen molar-refractivity contribution >= 4 is 44.3 Å². The van der Waals surface area contributed by atoms with Gasteiger partial charge in [-0.1, -0.05) is 28.1 Å². The molecule has 0 fully saturated rings. The molecular weight excluding hydrogens is 542 g/mol. The molecule has 186 valence electrons. The quantitative estimate of drug-likeness (QED) is 0.284. The van der Waals surface area contributed by atoms with Crippen LogP contribution in [0.1, 0.15) is 29.1 Å².